The van der Waals surface area contributed by atoms with Crippen LogP contribution in [0.2, 0.25) is 5.02 Å². The molecule has 1 N–H and O–H groups in total. The third-order valence-electron chi connectivity index (χ3n) is 5.71. The van der Waals surface area contributed by atoms with E-state index < -0.39 is 17.6 Å². The van der Waals surface area contributed by atoms with Crippen molar-refractivity contribution in [3.05, 3.63) is 92.1 Å². The highest BCUT2D eigenvalue weighted by atomic mass is 35.5. The molecule has 3 aromatic rings. The number of nitrogens with zero attached hydrogens (tertiary/aromatic N) is 3. The molecule has 0 radical (unpaired) electrons. The van der Waals surface area contributed by atoms with E-state index in [0.717, 1.165) is 24.7 Å². The van der Waals surface area contributed by atoms with Gasteiger partial charge in [0, 0.05) is 25.2 Å². The zero-order valence-corrected chi connectivity index (χ0v) is 19.1. The van der Waals surface area contributed by atoms with Gasteiger partial charge in [0.25, 0.3) is 5.56 Å². The fourth-order valence-corrected chi connectivity index (χ4v) is 4.16. The minimum Gasteiger partial charge on any atom is -0.323 e. The predicted octanol–water partition coefficient (Wildman–Crippen LogP) is 4.42. The number of anilines is 1. The maximum atomic E-state index is 13.1. The highest BCUT2D eigenvalue weighted by molar-refractivity contribution is 6.33. The van der Waals surface area contributed by atoms with Crippen LogP contribution in [0.4, 0.5) is 18.9 Å². The number of aryl methyl sites for hydroxylation is 1. The first-order valence-corrected chi connectivity index (χ1v) is 11.0. The van der Waals surface area contributed by atoms with E-state index in [1.165, 1.54) is 10.1 Å². The van der Waals surface area contributed by atoms with E-state index in [2.05, 4.69) is 15.2 Å². The molecule has 0 spiro atoms. The number of nitrogens with one attached hydrogen (secondary N) is 1. The lowest BCUT2D eigenvalue weighted by Gasteiger charge is -2.28. The number of carbonyl (C=O) groups is 1. The van der Waals surface area contributed by atoms with Crippen LogP contribution in [0.1, 0.15) is 28.2 Å². The van der Waals surface area contributed by atoms with Gasteiger partial charge in [0.1, 0.15) is 12.4 Å². The van der Waals surface area contributed by atoms with Gasteiger partial charge in [-0.25, -0.2) is 4.98 Å². The fourth-order valence-electron chi connectivity index (χ4n) is 3.99. The van der Waals surface area contributed by atoms with Crippen molar-refractivity contribution in [3.8, 4) is 0 Å². The molecule has 0 atom stereocenters. The third kappa shape index (κ3) is 5.31. The molecule has 0 saturated carbocycles. The van der Waals surface area contributed by atoms with Crippen LogP contribution in [-0.4, -0.2) is 26.9 Å². The Bertz CT molecular complexity index is 1280. The van der Waals surface area contributed by atoms with Crippen LogP contribution in [-0.2, 0) is 37.0 Å². The number of rotatable bonds is 5. The van der Waals surface area contributed by atoms with Crippen molar-refractivity contribution in [2.45, 2.75) is 39.2 Å². The van der Waals surface area contributed by atoms with Gasteiger partial charge in [-0.05, 0) is 37.1 Å². The third-order valence-corrected chi connectivity index (χ3v) is 6.04. The Hall–Kier alpha value is -3.17. The number of carbonyl (C=O) groups excluding carboxylic acids is 1. The standard InChI is InChI=1S/C24H22ClF3N4O2/c1-15-29-21-13-31(12-16-5-3-2-4-6-16)10-9-18(21)23(34)32(15)14-22(33)30-20-11-17(24(26,27)28)7-8-19(20)25/h2-8,11H,9-10,12-14H2,1H3,(H,30,33). The van der Waals surface area contributed by atoms with Gasteiger partial charge in [-0.3, -0.25) is 19.1 Å². The molecule has 178 valence electrons. The number of benzene rings is 2. The van der Waals surface area contributed by atoms with Crippen molar-refractivity contribution in [3.63, 3.8) is 0 Å². The van der Waals surface area contributed by atoms with Crippen LogP contribution >= 0.6 is 11.6 Å². The number of fused-ring (bicyclic) bond motifs is 1. The Balaban J connectivity index is 1.50. The first-order chi connectivity index (χ1) is 16.1. The number of halogens is 4. The van der Waals surface area contributed by atoms with Gasteiger partial charge in [-0.1, -0.05) is 41.9 Å². The number of hydrogen-bond acceptors (Lipinski definition) is 4. The molecule has 1 aromatic heterocycles. The van der Waals surface area contributed by atoms with Crippen molar-refractivity contribution in [1.82, 2.24) is 14.5 Å². The molecule has 0 bridgehead atoms. The van der Waals surface area contributed by atoms with E-state index in [1.54, 1.807) is 6.92 Å². The summed E-state index contributed by atoms with van der Waals surface area (Å²) in [7, 11) is 0. The second-order valence-corrected chi connectivity index (χ2v) is 8.57. The minimum atomic E-state index is -4.58. The Morgan fingerprint density at radius 2 is 1.91 bits per heavy atom. The second-order valence-electron chi connectivity index (χ2n) is 8.16. The minimum absolute atomic E-state index is 0.0347. The second kappa shape index (κ2) is 9.60. The van der Waals surface area contributed by atoms with Crippen molar-refractivity contribution >= 4 is 23.2 Å². The molecule has 1 amide bonds. The maximum Gasteiger partial charge on any atom is 0.416 e. The molecule has 6 nitrogen and oxygen atoms in total. The summed E-state index contributed by atoms with van der Waals surface area (Å²) in [6.07, 6.45) is -4.08. The molecule has 10 heteroatoms. The maximum absolute atomic E-state index is 13.1. The van der Waals surface area contributed by atoms with Crippen LogP contribution in [0.5, 0.6) is 0 Å². The molecule has 2 heterocycles. The molecule has 1 aliphatic rings. The molecule has 0 saturated heterocycles. The molecule has 0 unspecified atom stereocenters. The number of amides is 1. The van der Waals surface area contributed by atoms with E-state index in [4.69, 9.17) is 11.6 Å². The van der Waals surface area contributed by atoms with E-state index in [0.29, 0.717) is 36.6 Å². The van der Waals surface area contributed by atoms with Crippen LogP contribution in [0.25, 0.3) is 0 Å². The first kappa shape index (κ1) is 24.0. The summed E-state index contributed by atoms with van der Waals surface area (Å²) in [5.41, 5.74) is 0.987. The highest BCUT2D eigenvalue weighted by Gasteiger charge is 2.31. The quantitative estimate of drug-likeness (QED) is 0.575. The van der Waals surface area contributed by atoms with E-state index in [1.807, 2.05) is 30.3 Å². The van der Waals surface area contributed by atoms with Crippen molar-refractivity contribution in [2.24, 2.45) is 0 Å². The van der Waals surface area contributed by atoms with Crippen LogP contribution in [0.15, 0.2) is 53.3 Å². The largest absolute Gasteiger partial charge is 0.416 e. The number of hydrogen-bond donors (Lipinski definition) is 1. The highest BCUT2D eigenvalue weighted by Crippen LogP contribution is 2.33. The number of aromatic nitrogens is 2. The fraction of sp³-hybridized carbons (Fsp3) is 0.292. The van der Waals surface area contributed by atoms with Crippen LogP contribution < -0.4 is 10.9 Å². The lowest BCUT2D eigenvalue weighted by atomic mass is 10.1. The van der Waals surface area contributed by atoms with E-state index in [-0.39, 0.29) is 22.8 Å². The summed E-state index contributed by atoms with van der Waals surface area (Å²) >= 11 is 5.95. The lowest BCUT2D eigenvalue weighted by Crippen LogP contribution is -2.39. The van der Waals surface area contributed by atoms with Crippen molar-refractivity contribution in [2.75, 3.05) is 11.9 Å². The van der Waals surface area contributed by atoms with Gasteiger partial charge in [0.2, 0.25) is 5.91 Å². The Labute approximate surface area is 199 Å². The SMILES string of the molecule is Cc1nc2c(c(=O)n1CC(=O)Nc1cc(C(F)(F)F)ccc1Cl)CCN(Cc1ccccc1)C2. The van der Waals surface area contributed by atoms with Gasteiger partial charge in [-0.15, -0.1) is 0 Å². The van der Waals surface area contributed by atoms with Crippen LogP contribution in [0, 0.1) is 6.92 Å². The summed E-state index contributed by atoms with van der Waals surface area (Å²) in [4.78, 5) is 32.4. The average Bonchev–Trinajstić information content (AvgIpc) is 2.78. The van der Waals surface area contributed by atoms with E-state index in [9.17, 15) is 22.8 Å². The Kier molecular flexibility index (Phi) is 6.77. The molecular weight excluding hydrogens is 469 g/mol. The summed E-state index contributed by atoms with van der Waals surface area (Å²) in [5, 5.41) is 2.34. The van der Waals surface area contributed by atoms with Crippen molar-refractivity contribution in [1.29, 1.82) is 0 Å². The summed E-state index contributed by atoms with van der Waals surface area (Å²) in [6.45, 7) is 3.18. The first-order valence-electron chi connectivity index (χ1n) is 10.6. The molecule has 4 rings (SSSR count). The molecule has 0 fully saturated rings. The average molecular weight is 491 g/mol. The van der Waals surface area contributed by atoms with Crippen molar-refractivity contribution < 1.29 is 18.0 Å². The summed E-state index contributed by atoms with van der Waals surface area (Å²) in [6, 6.07) is 12.7. The smallest absolute Gasteiger partial charge is 0.323 e. The van der Waals surface area contributed by atoms with Gasteiger partial charge in [0.15, 0.2) is 0 Å². The predicted molar refractivity (Wildman–Crippen MR) is 123 cm³/mol. The Morgan fingerprint density at radius 3 is 2.62 bits per heavy atom. The molecule has 1 aliphatic heterocycles. The topological polar surface area (TPSA) is 67.2 Å². The van der Waals surface area contributed by atoms with Gasteiger partial charge >= 0.3 is 6.18 Å². The van der Waals surface area contributed by atoms with Gasteiger partial charge in [-0.2, -0.15) is 13.2 Å². The summed E-state index contributed by atoms with van der Waals surface area (Å²) in [5.74, 6) is -0.315. The van der Waals surface area contributed by atoms with E-state index >= 15 is 0 Å². The molecule has 2 aromatic carbocycles. The molecule has 0 aliphatic carbocycles. The van der Waals surface area contributed by atoms with Crippen LogP contribution in [0.3, 0.4) is 0 Å². The zero-order valence-electron chi connectivity index (χ0n) is 18.3. The zero-order chi connectivity index (χ0) is 24.5. The molecule has 34 heavy (non-hydrogen) atoms. The molecular formula is C24H22ClF3N4O2. The Morgan fingerprint density at radius 1 is 1.18 bits per heavy atom. The monoisotopic (exact) mass is 490 g/mol. The number of alkyl halides is 3. The van der Waals surface area contributed by atoms with Gasteiger partial charge < -0.3 is 5.32 Å². The normalized spacial score (nSPS) is 14.0. The lowest BCUT2D eigenvalue weighted by molar-refractivity contribution is -0.137. The summed E-state index contributed by atoms with van der Waals surface area (Å²) < 4.78 is 40.2. The van der Waals surface area contributed by atoms with Gasteiger partial charge in [0.05, 0.1) is 22.0 Å².